The van der Waals surface area contributed by atoms with Crippen molar-refractivity contribution in [2.75, 3.05) is 0 Å². The van der Waals surface area contributed by atoms with E-state index in [9.17, 15) is 0 Å². The molecule has 0 aromatic carbocycles. The van der Waals surface area contributed by atoms with Crippen molar-refractivity contribution in [1.29, 1.82) is 0 Å². The van der Waals surface area contributed by atoms with Crippen LogP contribution in [0.3, 0.4) is 0 Å². The smallest absolute Gasteiger partial charge is 2.00 e. The second kappa shape index (κ2) is 462. The molecule has 4 nitrogen and oxygen atoms in total. The van der Waals surface area contributed by atoms with Crippen LogP contribution in [0.5, 0.6) is 0 Å². The fraction of sp³-hybridized carbons (Fsp3) is 0. The van der Waals surface area contributed by atoms with Crippen LogP contribution >= 0.6 is 0 Å². The van der Waals surface area contributed by atoms with Gasteiger partial charge in [0.05, 0.1) is 0 Å². The Labute approximate surface area is 105 Å². The predicted octanol–water partition coefficient (Wildman–Crippen LogP) is -12.5. The quantitative estimate of drug-likeness (QED) is 0.310. The van der Waals surface area contributed by atoms with E-state index < -0.39 is 0 Å². The maximum Gasteiger partial charge on any atom is 4.00 e. The van der Waals surface area contributed by atoms with Gasteiger partial charge >= 0.3 is 65.2 Å². The summed E-state index contributed by atoms with van der Waals surface area (Å²) >= 11 is 0. The summed E-state index contributed by atoms with van der Waals surface area (Å²) < 4.78 is 0. The van der Waals surface area contributed by atoms with Crippen LogP contribution in [0.1, 0.15) is 0 Å². The molecule has 0 aromatic heterocycles. The Hall–Kier alpha value is 1.70. The van der Waals surface area contributed by atoms with Crippen LogP contribution in [0.4, 0.5) is 0 Å². The first kappa shape index (κ1) is 600. The molecule has 0 rings (SSSR count). The molecule has 0 radical (unpaired) electrons. The SMILES string of the molecule is [F-].[F-].[F-].[F-].[O-2].[O-2].[O-2].[O-2].[Ti+4].[Ti+4].[Ti+4]. The zero-order chi connectivity index (χ0) is 0. The molecule has 0 aliphatic rings. The standard InChI is InChI=1S/4FH.4O.3Ti/h4*1H;;;;;;;/q;;;;4*-2;3*+4/p-4. The topological polar surface area (TPSA) is 114 Å². The number of hydrogen-bond acceptors (Lipinski definition) is 0. The van der Waals surface area contributed by atoms with Gasteiger partial charge in [0.25, 0.3) is 0 Å². The first-order valence-corrected chi connectivity index (χ1v) is 0. The molecule has 0 fully saturated rings. The predicted molar refractivity (Wildman–Crippen MR) is 2.75 cm³/mol. The Morgan fingerprint density at radius 3 is 0.273 bits per heavy atom. The van der Waals surface area contributed by atoms with Crippen LogP contribution in [0.2, 0.25) is 0 Å². The van der Waals surface area contributed by atoms with Gasteiger partial charge in [-0.3, -0.25) is 0 Å². The van der Waals surface area contributed by atoms with Crippen LogP contribution in [-0.2, 0) is 87.1 Å². The summed E-state index contributed by atoms with van der Waals surface area (Å²) in [5, 5.41) is 0. The van der Waals surface area contributed by atoms with Crippen LogP contribution in [-0.4, -0.2) is 0 Å². The van der Waals surface area contributed by atoms with E-state index in [4.69, 9.17) is 0 Å². The first-order valence-electron chi connectivity index (χ1n) is 0. The fourth-order valence-electron chi connectivity index (χ4n) is 0. The zero-order valence-corrected chi connectivity index (χ0v) is 9.33. The minimum atomic E-state index is 0. The number of hydrogen-bond donors (Lipinski definition) is 0. The summed E-state index contributed by atoms with van der Waals surface area (Å²) in [5.74, 6) is 0. The van der Waals surface area contributed by atoms with E-state index in [1.54, 1.807) is 0 Å². The summed E-state index contributed by atoms with van der Waals surface area (Å²) in [6.07, 6.45) is 0. The zero-order valence-electron chi connectivity index (χ0n) is 4.64. The molecule has 0 atom stereocenters. The minimum Gasteiger partial charge on any atom is -2.00 e. The second-order valence-electron chi connectivity index (χ2n) is 0. The number of halogens is 4. The van der Waals surface area contributed by atoms with E-state index in [0.717, 1.165) is 0 Å². The van der Waals surface area contributed by atoms with Crippen molar-refractivity contribution in [3.63, 3.8) is 0 Å². The van der Waals surface area contributed by atoms with E-state index in [-0.39, 0.29) is 106 Å². The van der Waals surface area contributed by atoms with Gasteiger partial charge in [-0.15, -0.1) is 0 Å². The van der Waals surface area contributed by atoms with E-state index >= 15 is 0 Å². The summed E-state index contributed by atoms with van der Waals surface area (Å²) in [6, 6.07) is 0. The largest absolute Gasteiger partial charge is 4.00 e. The van der Waals surface area contributed by atoms with Crippen molar-refractivity contribution in [3.05, 3.63) is 0 Å². The average Bonchev–Trinajstić information content (AvgIpc) is 0. The maximum atomic E-state index is 0. The maximum absolute atomic E-state index is 0. The Balaban J connectivity index is 0. The summed E-state index contributed by atoms with van der Waals surface area (Å²) in [6.45, 7) is 0. The van der Waals surface area contributed by atoms with Gasteiger partial charge in [-0.2, -0.15) is 0 Å². The third kappa shape index (κ3) is 380. The Morgan fingerprint density at radius 1 is 0.273 bits per heavy atom. The van der Waals surface area contributed by atoms with Gasteiger partial charge in [-0.05, 0) is 0 Å². The molecule has 0 N–H and O–H groups in total. The van der Waals surface area contributed by atoms with Crippen molar-refractivity contribution in [3.8, 4) is 0 Å². The molecular formula is F4O4Ti3. The summed E-state index contributed by atoms with van der Waals surface area (Å²) in [7, 11) is 0. The molecule has 0 aromatic rings. The van der Waals surface area contributed by atoms with E-state index in [0.29, 0.717) is 0 Å². The van der Waals surface area contributed by atoms with E-state index in [2.05, 4.69) is 0 Å². The van der Waals surface area contributed by atoms with Gasteiger partial charge in [-0.25, -0.2) is 0 Å². The molecule has 0 aliphatic heterocycles. The molecular weight excluding hydrogens is 284 g/mol. The Bertz CT molecular complexity index is 17.3. The van der Waals surface area contributed by atoms with Crippen molar-refractivity contribution in [2.45, 2.75) is 0 Å². The molecule has 0 bridgehead atoms. The molecule has 0 amide bonds. The Morgan fingerprint density at radius 2 is 0.273 bits per heavy atom. The molecule has 11 heteroatoms. The molecule has 0 aliphatic carbocycles. The van der Waals surface area contributed by atoms with E-state index in [1.165, 1.54) is 0 Å². The minimum absolute atomic E-state index is 0. The molecule has 0 unspecified atom stereocenters. The summed E-state index contributed by atoms with van der Waals surface area (Å²) in [5.41, 5.74) is 0. The van der Waals surface area contributed by atoms with Crippen molar-refractivity contribution in [2.24, 2.45) is 0 Å². The van der Waals surface area contributed by atoms with Gasteiger partial charge in [0.15, 0.2) is 0 Å². The number of rotatable bonds is 0. The third-order valence-electron chi connectivity index (χ3n) is 0. The van der Waals surface area contributed by atoms with Gasteiger partial charge in [0.1, 0.15) is 0 Å². The van der Waals surface area contributed by atoms with Gasteiger partial charge < -0.3 is 40.7 Å². The van der Waals surface area contributed by atoms with Crippen molar-refractivity contribution < 1.29 is 106 Å². The normalized spacial score (nSPS) is 0. The van der Waals surface area contributed by atoms with Crippen LogP contribution < -0.4 is 18.8 Å². The fourth-order valence-corrected chi connectivity index (χ4v) is 0. The first-order chi connectivity index (χ1) is 0. The van der Waals surface area contributed by atoms with Gasteiger partial charge in [0, 0.05) is 0 Å². The molecule has 0 spiro atoms. The molecule has 64 valence electrons. The molecule has 0 heterocycles. The molecule has 11 heavy (non-hydrogen) atoms. The van der Waals surface area contributed by atoms with Gasteiger partial charge in [0.2, 0.25) is 0 Å². The van der Waals surface area contributed by atoms with Crippen LogP contribution in [0.25, 0.3) is 0 Å². The second-order valence-corrected chi connectivity index (χ2v) is 0. The van der Waals surface area contributed by atoms with Gasteiger partial charge in [-0.1, -0.05) is 0 Å². The molecule has 0 saturated heterocycles. The van der Waals surface area contributed by atoms with E-state index in [1.807, 2.05) is 0 Å². The van der Waals surface area contributed by atoms with Crippen molar-refractivity contribution in [1.82, 2.24) is 0 Å². The third-order valence-corrected chi connectivity index (χ3v) is 0. The van der Waals surface area contributed by atoms with Crippen molar-refractivity contribution >= 4 is 0 Å². The van der Waals surface area contributed by atoms with Crippen LogP contribution in [0, 0.1) is 0 Å². The monoisotopic (exact) mass is 284 g/mol. The average molecular weight is 284 g/mol. The van der Waals surface area contributed by atoms with Crippen LogP contribution in [0.15, 0.2) is 0 Å². The Kier molecular flexibility index (Phi) is 25200. The molecule has 0 saturated carbocycles. The summed E-state index contributed by atoms with van der Waals surface area (Å²) in [4.78, 5) is 0.